The molecule has 0 spiro atoms. The molecule has 0 amide bonds. The van der Waals surface area contributed by atoms with Gasteiger partial charge in [-0.1, -0.05) is 11.6 Å². The first-order chi connectivity index (χ1) is 4.86. The van der Waals surface area contributed by atoms with Crippen LogP contribution < -0.4 is 0 Å². The first-order valence-electron chi connectivity index (χ1n) is 2.72. The van der Waals surface area contributed by atoms with Gasteiger partial charge < -0.3 is 0 Å². The largest absolute Gasteiger partial charge is 0.225 e. The van der Waals surface area contributed by atoms with Crippen LogP contribution in [0.2, 0.25) is 5.15 Å². The van der Waals surface area contributed by atoms with Crippen molar-refractivity contribution in [1.29, 1.82) is 0 Å². The van der Waals surface area contributed by atoms with Crippen LogP contribution in [-0.2, 0) is 0 Å². The normalized spacial score (nSPS) is 10.5. The summed E-state index contributed by atoms with van der Waals surface area (Å²) >= 11 is 7.19. The zero-order chi connectivity index (χ0) is 6.97. The van der Waals surface area contributed by atoms with E-state index in [0.29, 0.717) is 5.15 Å². The predicted molar refractivity (Wildman–Crippen MR) is 42.4 cm³/mol. The highest BCUT2D eigenvalue weighted by Gasteiger charge is 1.96. The van der Waals surface area contributed by atoms with Gasteiger partial charge in [-0.2, -0.15) is 0 Å². The molecule has 10 heavy (non-hydrogen) atoms. The first kappa shape index (κ1) is 6.07. The molecule has 2 rings (SSSR count). The molecule has 4 heteroatoms. The number of hydrogen-bond donors (Lipinski definition) is 0. The maximum absolute atomic E-state index is 5.63. The van der Waals surface area contributed by atoms with Gasteiger partial charge in [0, 0.05) is 0 Å². The smallest absolute Gasteiger partial charge is 0.171 e. The number of thiazole rings is 1. The number of hydrogen-bond acceptors (Lipinski definition) is 3. The summed E-state index contributed by atoms with van der Waals surface area (Å²) in [5.74, 6) is 0. The Hall–Kier alpha value is -0.670. The lowest BCUT2D eigenvalue weighted by Gasteiger charge is -1.85. The quantitative estimate of drug-likeness (QED) is 0.568. The average Bonchev–Trinajstić information content (AvgIpc) is 2.33. The van der Waals surface area contributed by atoms with Gasteiger partial charge in [-0.25, -0.2) is 9.97 Å². The van der Waals surface area contributed by atoms with Crippen molar-refractivity contribution in [3.63, 3.8) is 0 Å². The second-order valence-electron chi connectivity index (χ2n) is 1.81. The highest BCUT2D eigenvalue weighted by atomic mass is 35.5. The molecule has 0 N–H and O–H groups in total. The van der Waals surface area contributed by atoms with Gasteiger partial charge in [0.2, 0.25) is 0 Å². The number of aromatic nitrogens is 2. The number of pyridine rings is 1. The zero-order valence-electron chi connectivity index (χ0n) is 4.91. The van der Waals surface area contributed by atoms with Gasteiger partial charge in [-0.15, -0.1) is 11.3 Å². The minimum atomic E-state index is 0.499. The third-order valence-electron chi connectivity index (χ3n) is 1.16. The molecule has 0 saturated heterocycles. The molecule has 0 radical (unpaired) electrons. The molecule has 0 bridgehead atoms. The third kappa shape index (κ3) is 0.874. The fourth-order valence-electron chi connectivity index (χ4n) is 0.730. The number of nitrogens with zero attached hydrogens (tertiary/aromatic N) is 2. The predicted octanol–water partition coefficient (Wildman–Crippen LogP) is 2.34. The fraction of sp³-hybridized carbons (Fsp3) is 0. The molecule has 2 heterocycles. The van der Waals surface area contributed by atoms with Gasteiger partial charge in [0.05, 0.1) is 10.2 Å². The molecule has 50 valence electrons. The fourth-order valence-corrected chi connectivity index (χ4v) is 1.49. The number of rotatable bonds is 0. The van der Waals surface area contributed by atoms with Crippen molar-refractivity contribution >= 4 is 33.3 Å². The number of halogens is 1. The summed E-state index contributed by atoms with van der Waals surface area (Å²) in [7, 11) is 0. The van der Waals surface area contributed by atoms with Crippen LogP contribution in [0.1, 0.15) is 0 Å². The van der Waals surface area contributed by atoms with Crippen LogP contribution in [-0.4, -0.2) is 9.97 Å². The van der Waals surface area contributed by atoms with E-state index < -0.39 is 0 Å². The SMILES string of the molecule is Clc1ccc2scnc2n1. The van der Waals surface area contributed by atoms with E-state index in [9.17, 15) is 0 Å². The molecule has 0 atom stereocenters. The van der Waals surface area contributed by atoms with E-state index in [4.69, 9.17) is 11.6 Å². The van der Waals surface area contributed by atoms with Crippen molar-refractivity contribution < 1.29 is 0 Å². The lowest BCUT2D eigenvalue weighted by atomic mass is 10.5. The summed E-state index contributed by atoms with van der Waals surface area (Å²) < 4.78 is 1.07. The van der Waals surface area contributed by atoms with Gasteiger partial charge in [0.15, 0.2) is 5.65 Å². The van der Waals surface area contributed by atoms with Gasteiger partial charge in [-0.3, -0.25) is 0 Å². The molecule has 0 aromatic carbocycles. The van der Waals surface area contributed by atoms with Crippen LogP contribution in [0.3, 0.4) is 0 Å². The second-order valence-corrected chi connectivity index (χ2v) is 3.08. The topological polar surface area (TPSA) is 25.8 Å². The molecular weight excluding hydrogens is 168 g/mol. The van der Waals surface area contributed by atoms with Crippen LogP contribution in [0, 0.1) is 0 Å². The van der Waals surface area contributed by atoms with E-state index in [1.165, 1.54) is 0 Å². The maximum atomic E-state index is 5.63. The van der Waals surface area contributed by atoms with E-state index in [1.54, 1.807) is 22.9 Å². The van der Waals surface area contributed by atoms with Crippen LogP contribution in [0.5, 0.6) is 0 Å². The van der Waals surface area contributed by atoms with Gasteiger partial charge in [-0.05, 0) is 12.1 Å². The second kappa shape index (κ2) is 2.18. The van der Waals surface area contributed by atoms with Gasteiger partial charge >= 0.3 is 0 Å². The van der Waals surface area contributed by atoms with E-state index >= 15 is 0 Å². The van der Waals surface area contributed by atoms with E-state index in [1.807, 2.05) is 6.07 Å². The van der Waals surface area contributed by atoms with Gasteiger partial charge in [0.1, 0.15) is 5.15 Å². The summed E-state index contributed by atoms with van der Waals surface area (Å²) in [4.78, 5) is 8.00. The van der Waals surface area contributed by atoms with Crippen molar-refractivity contribution in [2.75, 3.05) is 0 Å². The standard InChI is InChI=1S/C6H3ClN2S/c7-5-2-1-4-6(9-5)8-3-10-4/h1-3H. The average molecular weight is 171 g/mol. The maximum Gasteiger partial charge on any atom is 0.171 e. The minimum Gasteiger partial charge on any atom is -0.225 e. The first-order valence-corrected chi connectivity index (χ1v) is 3.98. The molecule has 0 aliphatic rings. The highest BCUT2D eigenvalue weighted by Crippen LogP contribution is 2.17. The molecule has 0 unspecified atom stereocenters. The summed E-state index contributed by atoms with van der Waals surface area (Å²) in [6.07, 6.45) is 0. The van der Waals surface area contributed by atoms with Crippen LogP contribution >= 0.6 is 22.9 Å². The Bertz CT molecular complexity index is 357. The molecule has 0 saturated carbocycles. The van der Waals surface area contributed by atoms with E-state index in [-0.39, 0.29) is 0 Å². The Morgan fingerprint density at radius 3 is 3.20 bits per heavy atom. The molecule has 0 aliphatic heterocycles. The number of fused-ring (bicyclic) bond motifs is 1. The minimum absolute atomic E-state index is 0.499. The Labute approximate surface area is 66.5 Å². The van der Waals surface area contributed by atoms with E-state index in [2.05, 4.69) is 9.97 Å². The van der Waals surface area contributed by atoms with Crippen LogP contribution in [0.4, 0.5) is 0 Å². The molecule has 2 aromatic rings. The molecule has 2 aromatic heterocycles. The monoisotopic (exact) mass is 170 g/mol. The lowest BCUT2D eigenvalue weighted by molar-refractivity contribution is 1.33. The van der Waals surface area contributed by atoms with Crippen LogP contribution in [0.15, 0.2) is 17.6 Å². The van der Waals surface area contributed by atoms with Crippen LogP contribution in [0.25, 0.3) is 10.3 Å². The third-order valence-corrected chi connectivity index (χ3v) is 2.15. The molecule has 0 fully saturated rings. The Kier molecular flexibility index (Phi) is 1.32. The summed E-state index contributed by atoms with van der Waals surface area (Å²) in [5.41, 5.74) is 2.49. The zero-order valence-corrected chi connectivity index (χ0v) is 6.49. The molecule has 0 aliphatic carbocycles. The van der Waals surface area contributed by atoms with E-state index in [0.717, 1.165) is 10.3 Å². The van der Waals surface area contributed by atoms with Crippen molar-refractivity contribution in [2.45, 2.75) is 0 Å². The Balaban J connectivity index is 2.86. The Morgan fingerprint density at radius 2 is 2.30 bits per heavy atom. The molecule has 2 nitrogen and oxygen atoms in total. The van der Waals surface area contributed by atoms with Crippen molar-refractivity contribution in [3.05, 3.63) is 22.8 Å². The lowest BCUT2D eigenvalue weighted by Crippen LogP contribution is -1.74. The van der Waals surface area contributed by atoms with Crippen molar-refractivity contribution in [2.24, 2.45) is 0 Å². The Morgan fingerprint density at radius 1 is 1.40 bits per heavy atom. The highest BCUT2D eigenvalue weighted by molar-refractivity contribution is 7.16. The summed E-state index contributed by atoms with van der Waals surface area (Å²) in [6.45, 7) is 0. The summed E-state index contributed by atoms with van der Waals surface area (Å²) in [6, 6.07) is 3.68. The van der Waals surface area contributed by atoms with Crippen molar-refractivity contribution in [3.8, 4) is 0 Å². The van der Waals surface area contributed by atoms with Crippen molar-refractivity contribution in [1.82, 2.24) is 9.97 Å². The summed E-state index contributed by atoms with van der Waals surface area (Å²) in [5, 5.41) is 0.499. The van der Waals surface area contributed by atoms with Gasteiger partial charge in [0.25, 0.3) is 0 Å². The molecular formula is C6H3ClN2S.